The molecule has 2 aromatic rings. The molecule has 0 aliphatic carbocycles. The highest BCUT2D eigenvalue weighted by molar-refractivity contribution is 5.73. The average molecular weight is 459 g/mol. The molecule has 0 saturated carbocycles. The Bertz CT molecular complexity index is 954. The Hall–Kier alpha value is -3.09. The van der Waals surface area contributed by atoms with Gasteiger partial charge in [0.2, 0.25) is 0 Å². The Labute approximate surface area is 195 Å². The number of phenols is 1. The van der Waals surface area contributed by atoms with Gasteiger partial charge in [0.15, 0.2) is 17.6 Å². The number of aryl methyl sites for hydroxylation is 2. The minimum absolute atomic E-state index is 0.0678. The van der Waals surface area contributed by atoms with Gasteiger partial charge in [-0.3, -0.25) is 0 Å². The topological polar surface area (TPSA) is 94.5 Å². The highest BCUT2D eigenvalue weighted by atomic mass is 16.5. The van der Waals surface area contributed by atoms with Crippen LogP contribution in [0.3, 0.4) is 0 Å². The summed E-state index contributed by atoms with van der Waals surface area (Å²) in [4.78, 5) is 11.4. The first-order chi connectivity index (χ1) is 16.0. The quantitative estimate of drug-likeness (QED) is 0.435. The Balaban J connectivity index is 1.61. The van der Waals surface area contributed by atoms with E-state index in [1.807, 2.05) is 32.0 Å². The van der Waals surface area contributed by atoms with E-state index in [0.717, 1.165) is 41.7 Å². The number of aliphatic carboxylic acids is 1. The molecule has 7 heteroatoms. The van der Waals surface area contributed by atoms with Gasteiger partial charge in [0, 0.05) is 18.1 Å². The lowest BCUT2D eigenvalue weighted by Gasteiger charge is -2.26. The van der Waals surface area contributed by atoms with E-state index in [1.54, 1.807) is 6.07 Å². The number of carboxylic acid groups (broad SMARTS) is 1. The molecule has 180 valence electrons. The van der Waals surface area contributed by atoms with E-state index in [1.165, 1.54) is 0 Å². The van der Waals surface area contributed by atoms with Crippen LogP contribution in [-0.4, -0.2) is 42.1 Å². The summed E-state index contributed by atoms with van der Waals surface area (Å²) in [5.41, 5.74) is 2.95. The highest BCUT2D eigenvalue weighted by Crippen LogP contribution is 2.38. The first-order valence-corrected chi connectivity index (χ1v) is 11.8. The van der Waals surface area contributed by atoms with Gasteiger partial charge in [-0.15, -0.1) is 0 Å². The number of fused-ring (bicyclic) bond motifs is 1. The van der Waals surface area contributed by atoms with Crippen molar-refractivity contribution in [3.63, 3.8) is 0 Å². The first kappa shape index (κ1) is 24.6. The number of hydrogen-bond donors (Lipinski definition) is 2. The Morgan fingerprint density at radius 1 is 1.06 bits per heavy atom. The summed E-state index contributed by atoms with van der Waals surface area (Å²) in [7, 11) is 0. The summed E-state index contributed by atoms with van der Waals surface area (Å²) in [6, 6.07) is 7.34. The number of benzene rings is 2. The Kier molecular flexibility index (Phi) is 8.69. The molecule has 0 saturated heterocycles. The van der Waals surface area contributed by atoms with Crippen LogP contribution in [0.25, 0.3) is 0 Å². The Morgan fingerprint density at radius 3 is 2.48 bits per heavy atom. The summed E-state index contributed by atoms with van der Waals surface area (Å²) in [6.45, 7) is 7.35. The van der Waals surface area contributed by atoms with Gasteiger partial charge in [0.1, 0.15) is 17.2 Å². The lowest BCUT2D eigenvalue weighted by Crippen LogP contribution is -2.31. The average Bonchev–Trinajstić information content (AvgIpc) is 2.81. The second kappa shape index (κ2) is 11.7. The van der Waals surface area contributed by atoms with Gasteiger partial charge >= 0.3 is 5.97 Å². The second-order valence-corrected chi connectivity index (χ2v) is 8.03. The second-order valence-electron chi connectivity index (χ2n) is 8.03. The molecule has 1 heterocycles. The minimum Gasteiger partial charge on any atom is -0.504 e. The van der Waals surface area contributed by atoms with Crippen LogP contribution < -0.4 is 18.9 Å². The maximum atomic E-state index is 11.4. The van der Waals surface area contributed by atoms with Crippen LogP contribution >= 0.6 is 0 Å². The molecule has 0 aromatic heterocycles. The smallest absolute Gasteiger partial charge is 0.344 e. The van der Waals surface area contributed by atoms with Crippen molar-refractivity contribution in [2.75, 3.05) is 19.8 Å². The number of ether oxygens (including phenoxy) is 4. The van der Waals surface area contributed by atoms with Gasteiger partial charge in [0.25, 0.3) is 0 Å². The van der Waals surface area contributed by atoms with Crippen LogP contribution in [0.5, 0.6) is 28.7 Å². The van der Waals surface area contributed by atoms with Crippen molar-refractivity contribution in [1.82, 2.24) is 0 Å². The van der Waals surface area contributed by atoms with Crippen LogP contribution in [0.4, 0.5) is 0 Å². The maximum absolute atomic E-state index is 11.4. The highest BCUT2D eigenvalue weighted by Gasteiger charge is 2.28. The molecule has 1 atom stereocenters. The molecule has 2 N–H and O–H groups in total. The first-order valence-electron chi connectivity index (χ1n) is 11.8. The monoisotopic (exact) mass is 458 g/mol. The van der Waals surface area contributed by atoms with Gasteiger partial charge < -0.3 is 29.2 Å². The third-order valence-corrected chi connectivity index (χ3v) is 5.64. The molecular formula is C26H34O7. The number of carbonyl (C=O) groups is 1. The van der Waals surface area contributed by atoms with Crippen LogP contribution in [0.2, 0.25) is 0 Å². The maximum Gasteiger partial charge on any atom is 0.344 e. The van der Waals surface area contributed by atoms with Gasteiger partial charge in [-0.05, 0) is 55.9 Å². The molecule has 0 spiro atoms. The summed E-state index contributed by atoms with van der Waals surface area (Å²) >= 11 is 0. The summed E-state index contributed by atoms with van der Waals surface area (Å²) in [5, 5.41) is 19.5. The fourth-order valence-corrected chi connectivity index (χ4v) is 3.98. The fraction of sp³-hybridized carbons (Fsp3) is 0.500. The van der Waals surface area contributed by atoms with Crippen molar-refractivity contribution in [3.05, 3.63) is 41.0 Å². The van der Waals surface area contributed by atoms with E-state index in [9.17, 15) is 15.0 Å². The molecular weight excluding hydrogens is 424 g/mol. The summed E-state index contributed by atoms with van der Waals surface area (Å²) in [6.07, 6.45) is 3.43. The molecule has 0 amide bonds. The van der Waals surface area contributed by atoms with E-state index in [2.05, 4.69) is 6.92 Å². The van der Waals surface area contributed by atoms with Crippen LogP contribution in [0.15, 0.2) is 24.3 Å². The SMILES string of the molecule is CCCc1c(OCCCOc2cc(O)c(OCC)cc2CC)ccc2c1OC(C(=O)O)CC2. The van der Waals surface area contributed by atoms with E-state index in [4.69, 9.17) is 18.9 Å². The van der Waals surface area contributed by atoms with E-state index in [-0.39, 0.29) is 5.75 Å². The van der Waals surface area contributed by atoms with Crippen molar-refractivity contribution >= 4 is 5.97 Å². The molecule has 0 radical (unpaired) electrons. The molecule has 7 nitrogen and oxygen atoms in total. The van der Waals surface area contributed by atoms with Crippen LogP contribution in [0.1, 0.15) is 56.7 Å². The normalized spacial score (nSPS) is 14.8. The van der Waals surface area contributed by atoms with Crippen LogP contribution in [-0.2, 0) is 24.1 Å². The summed E-state index contributed by atoms with van der Waals surface area (Å²) < 4.78 is 23.2. The fourth-order valence-electron chi connectivity index (χ4n) is 3.98. The molecule has 1 unspecified atom stereocenters. The molecule has 1 aliphatic heterocycles. The third kappa shape index (κ3) is 6.03. The molecule has 33 heavy (non-hydrogen) atoms. The van der Waals surface area contributed by atoms with E-state index < -0.39 is 12.1 Å². The van der Waals surface area contributed by atoms with Gasteiger partial charge in [-0.1, -0.05) is 26.3 Å². The van der Waals surface area contributed by atoms with Gasteiger partial charge in [-0.25, -0.2) is 4.79 Å². The zero-order chi connectivity index (χ0) is 23.8. The van der Waals surface area contributed by atoms with Crippen molar-refractivity contribution in [1.29, 1.82) is 0 Å². The van der Waals surface area contributed by atoms with E-state index in [0.29, 0.717) is 56.3 Å². The molecule has 3 rings (SSSR count). The lowest BCUT2D eigenvalue weighted by molar-refractivity contribution is -0.145. The summed E-state index contributed by atoms with van der Waals surface area (Å²) in [5.74, 6) is 1.65. The minimum atomic E-state index is -0.932. The Morgan fingerprint density at radius 2 is 1.82 bits per heavy atom. The number of hydrogen-bond acceptors (Lipinski definition) is 6. The number of carboxylic acids is 1. The number of phenolic OH excluding ortho intramolecular Hbond substituents is 1. The van der Waals surface area contributed by atoms with Crippen molar-refractivity contribution in [2.24, 2.45) is 0 Å². The molecule has 0 bridgehead atoms. The largest absolute Gasteiger partial charge is 0.504 e. The standard InChI is InChI=1S/C26H34O7/c1-4-8-19-21(11-9-18-10-12-22(26(28)29)33-25(18)19)31-13-7-14-32-23-16-20(27)24(30-6-3)15-17(23)5-2/h9,11,15-16,22,27H,4-8,10,12-14H2,1-3H3,(H,28,29). The predicted molar refractivity (Wildman–Crippen MR) is 125 cm³/mol. The predicted octanol–water partition coefficient (Wildman–Crippen LogP) is 4.93. The molecule has 1 aliphatic rings. The van der Waals surface area contributed by atoms with Crippen molar-refractivity contribution < 1.29 is 34.0 Å². The molecule has 0 fully saturated rings. The van der Waals surface area contributed by atoms with Gasteiger partial charge in [-0.2, -0.15) is 0 Å². The van der Waals surface area contributed by atoms with Crippen LogP contribution in [0, 0.1) is 0 Å². The zero-order valence-corrected chi connectivity index (χ0v) is 19.7. The lowest BCUT2D eigenvalue weighted by atomic mass is 9.96. The number of aromatic hydroxyl groups is 1. The third-order valence-electron chi connectivity index (χ3n) is 5.64. The molecule has 2 aromatic carbocycles. The number of rotatable bonds is 12. The van der Waals surface area contributed by atoms with Crippen molar-refractivity contribution in [2.45, 2.75) is 65.4 Å². The van der Waals surface area contributed by atoms with E-state index >= 15 is 0 Å². The van der Waals surface area contributed by atoms with Crippen molar-refractivity contribution in [3.8, 4) is 28.7 Å². The zero-order valence-electron chi connectivity index (χ0n) is 19.7. The van der Waals surface area contributed by atoms with Gasteiger partial charge in [0.05, 0.1) is 19.8 Å².